The number of aliphatic carboxylic acids is 1. The summed E-state index contributed by atoms with van der Waals surface area (Å²) < 4.78 is 6.77. The highest BCUT2D eigenvalue weighted by atomic mass is 79.9. The van der Waals surface area contributed by atoms with Gasteiger partial charge in [-0.05, 0) is 30.3 Å². The summed E-state index contributed by atoms with van der Waals surface area (Å²) in [6.45, 7) is 0. The van der Waals surface area contributed by atoms with E-state index in [4.69, 9.17) is 27.9 Å². The molecule has 2 aromatic carbocycles. The molecule has 3 atom stereocenters. The molecule has 0 saturated heterocycles. The van der Waals surface area contributed by atoms with Gasteiger partial charge < -0.3 is 20.0 Å². The standard InChI is InChI=1S/C16H10BrCl2NO3.CH4/c17-6-1-2-11-8(3-6)12-13-9(19)4-7(18)5-10(13)20-14(16(21)22)15(12)23-11;/h1-5,12,14-15,20H,(H,21,22);1H4/p-1. The molecule has 2 heterocycles. The first-order chi connectivity index (χ1) is 11.0. The van der Waals surface area contributed by atoms with Crippen LogP contribution in [0.5, 0.6) is 5.75 Å². The predicted molar refractivity (Wildman–Crippen MR) is 96.0 cm³/mol. The Balaban J connectivity index is 0.00000169. The Hall–Kier alpha value is -1.43. The van der Waals surface area contributed by atoms with Crippen LogP contribution in [0, 0.1) is 0 Å². The Bertz CT molecular complexity index is 843. The number of hydrogen-bond donors (Lipinski definition) is 1. The van der Waals surface area contributed by atoms with E-state index in [-0.39, 0.29) is 13.3 Å². The third kappa shape index (κ3) is 2.55. The van der Waals surface area contributed by atoms with Gasteiger partial charge in [0.1, 0.15) is 17.9 Å². The maximum absolute atomic E-state index is 11.6. The molecule has 4 nitrogen and oxygen atoms in total. The molecule has 0 aromatic heterocycles. The number of hydrogen-bond acceptors (Lipinski definition) is 4. The minimum absolute atomic E-state index is 0. The van der Waals surface area contributed by atoms with Crippen LogP contribution in [0.4, 0.5) is 5.69 Å². The van der Waals surface area contributed by atoms with Crippen molar-refractivity contribution >= 4 is 50.8 Å². The van der Waals surface area contributed by atoms with E-state index >= 15 is 0 Å². The van der Waals surface area contributed by atoms with Gasteiger partial charge >= 0.3 is 0 Å². The van der Waals surface area contributed by atoms with Crippen LogP contribution < -0.4 is 15.2 Å². The predicted octanol–water partition coefficient (Wildman–Crippen LogP) is 3.83. The number of fused-ring (bicyclic) bond motifs is 5. The van der Waals surface area contributed by atoms with Crippen molar-refractivity contribution in [2.24, 2.45) is 0 Å². The van der Waals surface area contributed by atoms with Crippen molar-refractivity contribution in [1.29, 1.82) is 0 Å². The van der Waals surface area contributed by atoms with Gasteiger partial charge in [0.25, 0.3) is 0 Å². The van der Waals surface area contributed by atoms with Crippen LogP contribution in [0.3, 0.4) is 0 Å². The monoisotopic (exact) mass is 428 g/mol. The number of carbonyl (C=O) groups excluding carboxylic acids is 1. The Labute approximate surface area is 157 Å². The molecule has 0 aliphatic carbocycles. The van der Waals surface area contributed by atoms with Crippen molar-refractivity contribution in [2.45, 2.75) is 25.5 Å². The number of carboxylic acid groups (broad SMARTS) is 1. The Morgan fingerprint density at radius 3 is 2.71 bits per heavy atom. The van der Waals surface area contributed by atoms with E-state index in [1.807, 2.05) is 18.2 Å². The number of halogens is 3. The molecule has 0 radical (unpaired) electrons. The molecule has 4 rings (SSSR count). The summed E-state index contributed by atoms with van der Waals surface area (Å²) in [5.74, 6) is -0.879. The van der Waals surface area contributed by atoms with Crippen molar-refractivity contribution in [1.82, 2.24) is 0 Å². The summed E-state index contributed by atoms with van der Waals surface area (Å²) in [6.07, 6.45) is -0.629. The van der Waals surface area contributed by atoms with E-state index < -0.39 is 18.1 Å². The molecule has 126 valence electrons. The first-order valence-electron chi connectivity index (χ1n) is 6.88. The fourth-order valence-electron chi connectivity index (χ4n) is 3.30. The maximum Gasteiger partial charge on any atom is 0.135 e. The summed E-state index contributed by atoms with van der Waals surface area (Å²) in [6, 6.07) is 7.91. The van der Waals surface area contributed by atoms with E-state index in [1.165, 1.54) is 0 Å². The second kappa shape index (κ2) is 6.14. The summed E-state index contributed by atoms with van der Waals surface area (Å²) in [5.41, 5.74) is 2.27. The fraction of sp³-hybridized carbons (Fsp3) is 0.235. The van der Waals surface area contributed by atoms with Crippen molar-refractivity contribution in [2.75, 3.05) is 5.32 Å². The van der Waals surface area contributed by atoms with Gasteiger partial charge in [-0.25, -0.2) is 0 Å². The lowest BCUT2D eigenvalue weighted by Crippen LogP contribution is -2.53. The topological polar surface area (TPSA) is 61.4 Å². The van der Waals surface area contributed by atoms with E-state index in [0.29, 0.717) is 21.5 Å². The zero-order valence-electron chi connectivity index (χ0n) is 11.5. The van der Waals surface area contributed by atoms with Crippen LogP contribution in [0.25, 0.3) is 0 Å². The molecule has 2 aromatic rings. The van der Waals surface area contributed by atoms with Crippen molar-refractivity contribution in [3.05, 3.63) is 56.0 Å². The number of ether oxygens (including phenoxy) is 1. The van der Waals surface area contributed by atoms with Crippen LogP contribution >= 0.6 is 39.1 Å². The van der Waals surface area contributed by atoms with Gasteiger partial charge in [0.15, 0.2) is 0 Å². The van der Waals surface area contributed by atoms with Crippen molar-refractivity contribution in [3.8, 4) is 5.75 Å². The number of carbonyl (C=O) groups is 1. The SMILES string of the molecule is C.O=C([O-])C1Nc2cc(Cl)cc(Cl)c2C2c3cc(Br)ccc3OC12. The highest BCUT2D eigenvalue weighted by Crippen LogP contribution is 2.51. The average molecular weight is 430 g/mol. The van der Waals surface area contributed by atoms with Gasteiger partial charge in [0, 0.05) is 31.3 Å². The molecular formula is C17H13BrCl2NO3-. The number of rotatable bonds is 1. The maximum atomic E-state index is 11.6. The quantitative estimate of drug-likeness (QED) is 0.748. The normalized spacial score (nSPS) is 23.0. The second-order valence-corrected chi connectivity index (χ2v) is 7.29. The third-order valence-electron chi connectivity index (χ3n) is 4.20. The van der Waals surface area contributed by atoms with Gasteiger partial charge in [0.05, 0.1) is 11.9 Å². The molecule has 24 heavy (non-hydrogen) atoms. The van der Waals surface area contributed by atoms with E-state index in [1.54, 1.807) is 12.1 Å². The molecule has 1 N–H and O–H groups in total. The van der Waals surface area contributed by atoms with Gasteiger partial charge in [-0.2, -0.15) is 0 Å². The van der Waals surface area contributed by atoms with Gasteiger partial charge in [-0.15, -0.1) is 0 Å². The summed E-state index contributed by atoms with van der Waals surface area (Å²) in [5, 5.41) is 15.4. The number of anilines is 1. The largest absolute Gasteiger partial charge is 0.548 e. The minimum atomic E-state index is -1.23. The van der Waals surface area contributed by atoms with Gasteiger partial charge in [-0.1, -0.05) is 46.6 Å². The van der Waals surface area contributed by atoms with Gasteiger partial charge in [-0.3, -0.25) is 0 Å². The Kier molecular flexibility index (Phi) is 4.45. The summed E-state index contributed by atoms with van der Waals surface area (Å²) in [4.78, 5) is 11.6. The lowest BCUT2D eigenvalue weighted by molar-refractivity contribution is -0.308. The lowest BCUT2D eigenvalue weighted by atomic mass is 9.81. The summed E-state index contributed by atoms with van der Waals surface area (Å²) >= 11 is 15.9. The highest BCUT2D eigenvalue weighted by Gasteiger charge is 2.46. The summed E-state index contributed by atoms with van der Waals surface area (Å²) in [7, 11) is 0. The molecule has 2 aliphatic heterocycles. The Morgan fingerprint density at radius 2 is 2.00 bits per heavy atom. The first-order valence-corrected chi connectivity index (χ1v) is 8.43. The van der Waals surface area contributed by atoms with E-state index in [0.717, 1.165) is 15.6 Å². The van der Waals surface area contributed by atoms with Crippen LogP contribution in [-0.4, -0.2) is 18.1 Å². The van der Waals surface area contributed by atoms with E-state index in [2.05, 4.69) is 21.2 Å². The van der Waals surface area contributed by atoms with Crippen LogP contribution in [0.1, 0.15) is 24.5 Å². The second-order valence-electron chi connectivity index (χ2n) is 5.53. The molecule has 0 fully saturated rings. The zero-order chi connectivity index (χ0) is 16.3. The highest BCUT2D eigenvalue weighted by molar-refractivity contribution is 9.10. The zero-order valence-corrected chi connectivity index (χ0v) is 14.6. The number of benzene rings is 2. The molecule has 0 spiro atoms. The third-order valence-corrected chi connectivity index (χ3v) is 5.22. The van der Waals surface area contributed by atoms with Crippen molar-refractivity contribution in [3.63, 3.8) is 0 Å². The Morgan fingerprint density at radius 1 is 1.25 bits per heavy atom. The number of carboxylic acids is 1. The minimum Gasteiger partial charge on any atom is -0.548 e. The lowest BCUT2D eigenvalue weighted by Gasteiger charge is -2.37. The number of nitrogens with one attached hydrogen (secondary N) is 1. The molecule has 0 amide bonds. The smallest absolute Gasteiger partial charge is 0.135 e. The first kappa shape index (κ1) is 17.4. The average Bonchev–Trinajstić information content (AvgIpc) is 2.84. The molecule has 3 unspecified atom stereocenters. The molecular weight excluding hydrogens is 417 g/mol. The molecule has 0 saturated carbocycles. The molecule has 7 heteroatoms. The molecule has 0 bridgehead atoms. The fourth-order valence-corrected chi connectivity index (χ4v) is 4.29. The van der Waals surface area contributed by atoms with Crippen molar-refractivity contribution < 1.29 is 14.6 Å². The van der Waals surface area contributed by atoms with Crippen LogP contribution in [-0.2, 0) is 4.79 Å². The van der Waals surface area contributed by atoms with E-state index in [9.17, 15) is 9.90 Å². The van der Waals surface area contributed by atoms with Gasteiger partial charge in [0.2, 0.25) is 0 Å². The van der Waals surface area contributed by atoms with Crippen LogP contribution in [0.15, 0.2) is 34.8 Å². The van der Waals surface area contributed by atoms with Crippen LogP contribution in [0.2, 0.25) is 10.0 Å². The molecule has 2 aliphatic rings.